The number of nitriles is 1. The van der Waals surface area contributed by atoms with Crippen LogP contribution in [0.15, 0.2) is 78.9 Å². The van der Waals surface area contributed by atoms with Gasteiger partial charge in [-0.05, 0) is 77.2 Å². The van der Waals surface area contributed by atoms with Gasteiger partial charge in [0, 0.05) is 0 Å². The molecule has 0 fully saturated rings. The van der Waals surface area contributed by atoms with Gasteiger partial charge in [0.2, 0.25) is 0 Å². The van der Waals surface area contributed by atoms with Crippen LogP contribution < -0.4 is 4.74 Å². The second-order valence-electron chi connectivity index (χ2n) is 8.21. The van der Waals surface area contributed by atoms with E-state index in [0.717, 1.165) is 27.9 Å². The highest BCUT2D eigenvalue weighted by Gasteiger charge is 2.10. The van der Waals surface area contributed by atoms with Gasteiger partial charge in [-0.15, -0.1) is 0 Å². The maximum Gasteiger partial charge on any atom is 0.149 e. The molecule has 1 N–H and O–H groups in total. The number of aromatic nitrogens is 2. The maximum atomic E-state index is 9.79. The van der Waals surface area contributed by atoms with E-state index in [9.17, 15) is 5.26 Å². The number of ether oxygens (including phenoxy) is 1. The third-order valence-electron chi connectivity index (χ3n) is 5.92. The van der Waals surface area contributed by atoms with Gasteiger partial charge in [0.15, 0.2) is 0 Å². The summed E-state index contributed by atoms with van der Waals surface area (Å²) in [6.45, 7) is 4.61. The Labute approximate surface area is 192 Å². The minimum Gasteiger partial charge on any atom is -0.489 e. The van der Waals surface area contributed by atoms with Gasteiger partial charge in [-0.1, -0.05) is 54.6 Å². The fourth-order valence-electron chi connectivity index (χ4n) is 3.99. The molecule has 0 aliphatic rings. The number of H-pyrrole nitrogens is 1. The molecule has 0 atom stereocenters. The molecule has 0 aliphatic carbocycles. The normalized spacial score (nSPS) is 11.6. The lowest BCUT2D eigenvalue weighted by molar-refractivity contribution is 0.307. The van der Waals surface area contributed by atoms with Crippen LogP contribution in [0.1, 0.15) is 28.1 Å². The van der Waals surface area contributed by atoms with E-state index in [-0.39, 0.29) is 0 Å². The van der Waals surface area contributed by atoms with Gasteiger partial charge in [-0.2, -0.15) is 5.26 Å². The molecule has 160 valence electrons. The molecule has 1 aromatic heterocycles. The smallest absolute Gasteiger partial charge is 0.149 e. The first kappa shape index (κ1) is 20.5. The van der Waals surface area contributed by atoms with Gasteiger partial charge in [0.05, 0.1) is 16.6 Å². The molecule has 0 radical (unpaired) electrons. The Morgan fingerprint density at radius 3 is 2.64 bits per heavy atom. The van der Waals surface area contributed by atoms with Crippen molar-refractivity contribution in [1.82, 2.24) is 9.97 Å². The first-order chi connectivity index (χ1) is 16.1. The maximum absolute atomic E-state index is 9.79. The van der Waals surface area contributed by atoms with Crippen LogP contribution in [0.25, 0.3) is 33.5 Å². The summed E-state index contributed by atoms with van der Waals surface area (Å²) in [6.07, 6.45) is 1.84. The summed E-state index contributed by atoms with van der Waals surface area (Å²) in [5, 5.41) is 12.2. The summed E-state index contributed by atoms with van der Waals surface area (Å²) in [6, 6.07) is 28.7. The van der Waals surface area contributed by atoms with Gasteiger partial charge in [-0.3, -0.25) is 0 Å². The third kappa shape index (κ3) is 4.22. The SMILES string of the molecule is Cc1cc2nc(/C(C#N)=C/c3cccc(OCc4cccc5ccccc45)c3)[nH]c2cc1C. The highest BCUT2D eigenvalue weighted by atomic mass is 16.5. The molecule has 0 bridgehead atoms. The van der Waals surface area contributed by atoms with E-state index >= 15 is 0 Å². The number of rotatable bonds is 5. The second-order valence-corrected chi connectivity index (χ2v) is 8.21. The van der Waals surface area contributed by atoms with Gasteiger partial charge in [0.25, 0.3) is 0 Å². The van der Waals surface area contributed by atoms with Crippen molar-refractivity contribution in [2.24, 2.45) is 0 Å². The fourth-order valence-corrected chi connectivity index (χ4v) is 3.99. The highest BCUT2D eigenvalue weighted by molar-refractivity contribution is 5.90. The molecule has 0 saturated heterocycles. The predicted molar refractivity (Wildman–Crippen MR) is 134 cm³/mol. The molecule has 4 nitrogen and oxygen atoms in total. The lowest BCUT2D eigenvalue weighted by Crippen LogP contribution is -1.96. The molecule has 1 heterocycles. The zero-order valence-corrected chi connectivity index (χ0v) is 18.6. The zero-order valence-electron chi connectivity index (χ0n) is 18.6. The van der Waals surface area contributed by atoms with E-state index < -0.39 is 0 Å². The van der Waals surface area contributed by atoms with Crippen molar-refractivity contribution < 1.29 is 4.74 Å². The number of allylic oxidation sites excluding steroid dienone is 1. The molecule has 33 heavy (non-hydrogen) atoms. The minimum atomic E-state index is 0.474. The van der Waals surface area contributed by atoms with Crippen molar-refractivity contribution in [3.05, 3.63) is 107 Å². The predicted octanol–water partition coefficient (Wildman–Crippen LogP) is 6.98. The average molecular weight is 430 g/mol. The Morgan fingerprint density at radius 2 is 1.76 bits per heavy atom. The van der Waals surface area contributed by atoms with Crippen molar-refractivity contribution in [3.63, 3.8) is 0 Å². The largest absolute Gasteiger partial charge is 0.489 e. The van der Waals surface area contributed by atoms with Crippen LogP contribution in [-0.2, 0) is 6.61 Å². The average Bonchev–Trinajstić information content (AvgIpc) is 3.24. The monoisotopic (exact) mass is 429 g/mol. The molecule has 4 heteroatoms. The number of aryl methyl sites for hydroxylation is 2. The van der Waals surface area contributed by atoms with E-state index in [1.807, 2.05) is 48.5 Å². The number of hydrogen-bond donors (Lipinski definition) is 1. The van der Waals surface area contributed by atoms with Crippen LogP contribution in [0.4, 0.5) is 0 Å². The molecular weight excluding hydrogens is 406 g/mol. The summed E-state index contributed by atoms with van der Waals surface area (Å²) in [7, 11) is 0. The first-order valence-corrected chi connectivity index (χ1v) is 10.9. The first-order valence-electron chi connectivity index (χ1n) is 10.9. The van der Waals surface area contributed by atoms with Gasteiger partial charge >= 0.3 is 0 Å². The highest BCUT2D eigenvalue weighted by Crippen LogP contribution is 2.25. The van der Waals surface area contributed by atoms with Crippen LogP contribution in [0.3, 0.4) is 0 Å². The van der Waals surface area contributed by atoms with Crippen molar-refractivity contribution >= 4 is 33.5 Å². The Hall–Kier alpha value is -4.36. The number of nitrogens with one attached hydrogen (secondary N) is 1. The number of hydrogen-bond acceptors (Lipinski definition) is 3. The van der Waals surface area contributed by atoms with Crippen LogP contribution >= 0.6 is 0 Å². The van der Waals surface area contributed by atoms with Crippen molar-refractivity contribution in [1.29, 1.82) is 5.26 Å². The Kier molecular flexibility index (Phi) is 5.38. The van der Waals surface area contributed by atoms with E-state index in [4.69, 9.17) is 4.74 Å². The zero-order chi connectivity index (χ0) is 22.8. The molecule has 0 amide bonds. The molecule has 5 aromatic rings. The fraction of sp³-hybridized carbons (Fsp3) is 0.103. The summed E-state index contributed by atoms with van der Waals surface area (Å²) < 4.78 is 6.10. The number of benzene rings is 4. The van der Waals surface area contributed by atoms with Gasteiger partial charge in [0.1, 0.15) is 24.3 Å². The Morgan fingerprint density at radius 1 is 0.970 bits per heavy atom. The molecule has 0 aliphatic heterocycles. The van der Waals surface area contributed by atoms with E-state index in [1.165, 1.54) is 21.9 Å². The Balaban J connectivity index is 1.40. The van der Waals surface area contributed by atoms with Gasteiger partial charge in [-0.25, -0.2) is 4.98 Å². The van der Waals surface area contributed by atoms with Crippen LogP contribution in [-0.4, -0.2) is 9.97 Å². The van der Waals surface area contributed by atoms with Crippen LogP contribution in [0, 0.1) is 25.2 Å². The molecule has 0 unspecified atom stereocenters. The summed E-state index contributed by atoms with van der Waals surface area (Å²) in [4.78, 5) is 7.91. The second kappa shape index (κ2) is 8.64. The quantitative estimate of drug-likeness (QED) is 0.307. The molecule has 0 spiro atoms. The van der Waals surface area contributed by atoms with Crippen molar-refractivity contribution in [3.8, 4) is 11.8 Å². The molecule has 0 saturated carbocycles. The number of nitrogens with zero attached hydrogens (tertiary/aromatic N) is 2. The Bertz CT molecular complexity index is 1510. The standard InChI is InChI=1S/C29H23N3O/c1-19-13-27-28(14-20(19)2)32-29(31-27)24(17-30)15-21-7-5-11-25(16-21)33-18-23-10-6-9-22-8-3-4-12-26(22)23/h3-16H,18H2,1-2H3,(H,31,32)/b24-15+. The summed E-state index contributed by atoms with van der Waals surface area (Å²) >= 11 is 0. The summed E-state index contributed by atoms with van der Waals surface area (Å²) in [5.74, 6) is 1.32. The molecule has 4 aromatic carbocycles. The number of fused-ring (bicyclic) bond motifs is 2. The topological polar surface area (TPSA) is 61.7 Å². The van der Waals surface area contributed by atoms with E-state index in [2.05, 4.69) is 66.3 Å². The lowest BCUT2D eigenvalue weighted by Gasteiger charge is -2.10. The number of imidazole rings is 1. The van der Waals surface area contributed by atoms with Crippen molar-refractivity contribution in [2.75, 3.05) is 0 Å². The van der Waals surface area contributed by atoms with Gasteiger partial charge < -0.3 is 9.72 Å². The number of aromatic amines is 1. The van der Waals surface area contributed by atoms with E-state index in [1.54, 1.807) is 0 Å². The third-order valence-corrected chi connectivity index (χ3v) is 5.92. The molecular formula is C29H23N3O. The molecule has 5 rings (SSSR count). The van der Waals surface area contributed by atoms with E-state index in [0.29, 0.717) is 18.0 Å². The van der Waals surface area contributed by atoms with Crippen LogP contribution in [0.5, 0.6) is 5.75 Å². The van der Waals surface area contributed by atoms with Crippen molar-refractivity contribution in [2.45, 2.75) is 20.5 Å². The van der Waals surface area contributed by atoms with Crippen LogP contribution in [0.2, 0.25) is 0 Å². The minimum absolute atomic E-state index is 0.474. The summed E-state index contributed by atoms with van der Waals surface area (Å²) in [5.41, 5.74) is 6.67. The lowest BCUT2D eigenvalue weighted by atomic mass is 10.1.